The lowest BCUT2D eigenvalue weighted by Gasteiger charge is -2.17. The zero-order valence-electron chi connectivity index (χ0n) is 12.7. The molecule has 3 aromatic rings. The van der Waals surface area contributed by atoms with Gasteiger partial charge in [-0.05, 0) is 37.2 Å². The van der Waals surface area contributed by atoms with Gasteiger partial charge in [0.05, 0.1) is 0 Å². The Morgan fingerprint density at radius 1 is 1.23 bits per heavy atom. The topological polar surface area (TPSA) is 55.1 Å². The van der Waals surface area contributed by atoms with Gasteiger partial charge in [0.1, 0.15) is 12.1 Å². The summed E-state index contributed by atoms with van der Waals surface area (Å²) in [5.74, 6) is 1.62. The third kappa shape index (κ3) is 2.54. The molecule has 0 spiro atoms. The molecule has 0 amide bonds. The van der Waals surface area contributed by atoms with Crippen LogP contribution in [0.1, 0.15) is 24.1 Å². The quantitative estimate of drug-likeness (QED) is 0.786. The summed E-state index contributed by atoms with van der Waals surface area (Å²) in [6, 6.07) is 12.8. The van der Waals surface area contributed by atoms with E-state index in [2.05, 4.69) is 50.7 Å². The third-order valence-corrected chi connectivity index (χ3v) is 4.40. The first-order chi connectivity index (χ1) is 10.7. The first-order valence-electron chi connectivity index (χ1n) is 7.69. The number of benzene rings is 1. The Labute approximate surface area is 129 Å². The fourth-order valence-corrected chi connectivity index (χ4v) is 2.96. The van der Waals surface area contributed by atoms with Crippen LogP contribution in [-0.2, 0) is 6.42 Å². The van der Waals surface area contributed by atoms with Crippen molar-refractivity contribution in [1.82, 2.24) is 19.6 Å². The molecule has 1 aliphatic carbocycles. The predicted octanol–water partition coefficient (Wildman–Crippen LogP) is 2.87. The predicted molar refractivity (Wildman–Crippen MR) is 85.8 cm³/mol. The van der Waals surface area contributed by atoms with Crippen molar-refractivity contribution in [2.24, 2.45) is 5.41 Å². The van der Waals surface area contributed by atoms with E-state index < -0.39 is 0 Å². The van der Waals surface area contributed by atoms with E-state index in [1.165, 1.54) is 18.4 Å². The van der Waals surface area contributed by atoms with Gasteiger partial charge in [-0.2, -0.15) is 14.6 Å². The number of hydrogen-bond donors (Lipinski definition) is 1. The largest absolute Gasteiger partial charge is 0.369 e. The Bertz CT molecular complexity index is 789. The summed E-state index contributed by atoms with van der Waals surface area (Å²) in [4.78, 5) is 8.54. The van der Waals surface area contributed by atoms with Crippen molar-refractivity contribution in [3.63, 3.8) is 0 Å². The molecule has 112 valence electrons. The van der Waals surface area contributed by atoms with E-state index in [9.17, 15) is 0 Å². The van der Waals surface area contributed by atoms with Crippen molar-refractivity contribution in [3.8, 4) is 0 Å². The van der Waals surface area contributed by atoms with E-state index in [4.69, 9.17) is 0 Å². The molecular formula is C17H19N5. The molecule has 5 nitrogen and oxygen atoms in total. The molecule has 0 saturated heterocycles. The second-order valence-corrected chi connectivity index (χ2v) is 6.27. The molecule has 1 fully saturated rings. The molecule has 5 heteroatoms. The maximum atomic E-state index is 4.37. The van der Waals surface area contributed by atoms with E-state index in [1.54, 1.807) is 10.8 Å². The molecule has 1 N–H and O–H groups in total. The van der Waals surface area contributed by atoms with E-state index in [0.29, 0.717) is 11.2 Å². The molecular weight excluding hydrogens is 274 g/mol. The van der Waals surface area contributed by atoms with Crippen LogP contribution >= 0.6 is 0 Å². The van der Waals surface area contributed by atoms with Crippen LogP contribution in [0, 0.1) is 12.3 Å². The molecule has 1 saturated carbocycles. The van der Waals surface area contributed by atoms with E-state index in [1.807, 2.05) is 13.0 Å². The van der Waals surface area contributed by atoms with Crippen LogP contribution in [0.3, 0.4) is 0 Å². The number of fused-ring (bicyclic) bond motifs is 1. The number of aromatic nitrogens is 4. The van der Waals surface area contributed by atoms with Crippen LogP contribution in [-0.4, -0.2) is 26.1 Å². The molecule has 0 unspecified atom stereocenters. The Kier molecular flexibility index (Phi) is 3.06. The summed E-state index contributed by atoms with van der Waals surface area (Å²) in [6.07, 6.45) is 5.23. The summed E-state index contributed by atoms with van der Waals surface area (Å²) < 4.78 is 1.77. The Morgan fingerprint density at radius 2 is 2.05 bits per heavy atom. The highest BCUT2D eigenvalue weighted by atomic mass is 15.3. The van der Waals surface area contributed by atoms with Crippen molar-refractivity contribution in [2.75, 3.05) is 11.9 Å². The van der Waals surface area contributed by atoms with E-state index in [-0.39, 0.29) is 0 Å². The number of rotatable bonds is 5. The summed E-state index contributed by atoms with van der Waals surface area (Å²) in [7, 11) is 0. The highest BCUT2D eigenvalue weighted by Crippen LogP contribution is 2.48. The van der Waals surface area contributed by atoms with Gasteiger partial charge >= 0.3 is 0 Å². The second kappa shape index (κ2) is 5.09. The van der Waals surface area contributed by atoms with Crippen LogP contribution in [0.5, 0.6) is 0 Å². The van der Waals surface area contributed by atoms with Gasteiger partial charge in [0, 0.05) is 18.3 Å². The normalized spacial score (nSPS) is 15.9. The average molecular weight is 293 g/mol. The number of hydrogen-bond acceptors (Lipinski definition) is 4. The Morgan fingerprint density at radius 3 is 2.82 bits per heavy atom. The number of nitrogens with zero attached hydrogens (tertiary/aromatic N) is 4. The molecule has 0 aliphatic heterocycles. The standard InChI is InChI=1S/C17H19N5/c1-13-9-15(22-16(21-13)19-12-20-22)18-11-17(7-8-17)10-14-5-3-2-4-6-14/h2-6,9,12,18H,7-8,10-11H2,1H3. The highest BCUT2D eigenvalue weighted by molar-refractivity contribution is 5.45. The van der Waals surface area contributed by atoms with Crippen molar-refractivity contribution >= 4 is 11.6 Å². The van der Waals surface area contributed by atoms with Crippen LogP contribution < -0.4 is 5.32 Å². The number of anilines is 1. The van der Waals surface area contributed by atoms with Gasteiger partial charge in [-0.3, -0.25) is 0 Å². The van der Waals surface area contributed by atoms with Crippen molar-refractivity contribution in [2.45, 2.75) is 26.2 Å². The van der Waals surface area contributed by atoms with Gasteiger partial charge in [-0.25, -0.2) is 4.98 Å². The smallest absolute Gasteiger partial charge is 0.254 e. The van der Waals surface area contributed by atoms with Crippen molar-refractivity contribution in [1.29, 1.82) is 0 Å². The molecule has 2 heterocycles. The molecule has 4 rings (SSSR count). The minimum Gasteiger partial charge on any atom is -0.369 e. The van der Waals surface area contributed by atoms with Gasteiger partial charge in [0.15, 0.2) is 0 Å². The summed E-state index contributed by atoms with van der Waals surface area (Å²) in [6.45, 7) is 2.94. The van der Waals surface area contributed by atoms with Gasteiger partial charge in [-0.1, -0.05) is 30.3 Å². The molecule has 1 aliphatic rings. The maximum Gasteiger partial charge on any atom is 0.254 e. The Balaban J connectivity index is 1.51. The van der Waals surface area contributed by atoms with Crippen LogP contribution in [0.15, 0.2) is 42.7 Å². The van der Waals surface area contributed by atoms with Crippen LogP contribution in [0.25, 0.3) is 5.78 Å². The van der Waals surface area contributed by atoms with Gasteiger partial charge in [0.25, 0.3) is 5.78 Å². The van der Waals surface area contributed by atoms with Gasteiger partial charge in [-0.15, -0.1) is 0 Å². The maximum absolute atomic E-state index is 4.37. The lowest BCUT2D eigenvalue weighted by Crippen LogP contribution is -2.19. The zero-order valence-corrected chi connectivity index (χ0v) is 12.7. The number of nitrogens with one attached hydrogen (secondary N) is 1. The second-order valence-electron chi connectivity index (χ2n) is 6.27. The third-order valence-electron chi connectivity index (χ3n) is 4.40. The fourth-order valence-electron chi connectivity index (χ4n) is 2.96. The minimum absolute atomic E-state index is 0.380. The fraction of sp³-hybridized carbons (Fsp3) is 0.353. The molecule has 0 bridgehead atoms. The van der Waals surface area contributed by atoms with Crippen molar-refractivity contribution < 1.29 is 0 Å². The minimum atomic E-state index is 0.380. The first-order valence-corrected chi connectivity index (χ1v) is 7.69. The summed E-state index contributed by atoms with van der Waals surface area (Å²) in [5, 5.41) is 7.80. The lowest BCUT2D eigenvalue weighted by atomic mass is 9.96. The molecule has 2 aromatic heterocycles. The van der Waals surface area contributed by atoms with Crippen LogP contribution in [0.4, 0.5) is 5.82 Å². The van der Waals surface area contributed by atoms with Crippen LogP contribution in [0.2, 0.25) is 0 Å². The van der Waals surface area contributed by atoms with E-state index >= 15 is 0 Å². The summed E-state index contributed by atoms with van der Waals surface area (Å²) >= 11 is 0. The molecule has 0 radical (unpaired) electrons. The van der Waals surface area contributed by atoms with Gasteiger partial charge < -0.3 is 5.32 Å². The molecule has 1 aromatic carbocycles. The average Bonchev–Trinajstić information content (AvgIpc) is 3.11. The molecule has 22 heavy (non-hydrogen) atoms. The highest BCUT2D eigenvalue weighted by Gasteiger charge is 2.42. The van der Waals surface area contributed by atoms with E-state index in [0.717, 1.165) is 24.5 Å². The zero-order chi connectivity index (χ0) is 15.0. The first kappa shape index (κ1) is 13.2. The summed E-state index contributed by atoms with van der Waals surface area (Å²) in [5.41, 5.74) is 2.75. The monoisotopic (exact) mass is 293 g/mol. The Hall–Kier alpha value is -2.43. The molecule has 0 atom stereocenters. The van der Waals surface area contributed by atoms with Gasteiger partial charge in [0.2, 0.25) is 0 Å². The SMILES string of the molecule is Cc1cc(NCC2(Cc3ccccc3)CC2)n2ncnc2n1. The number of aryl methyl sites for hydroxylation is 1. The van der Waals surface area contributed by atoms with Crippen molar-refractivity contribution in [3.05, 3.63) is 54.0 Å². The lowest BCUT2D eigenvalue weighted by molar-refractivity contribution is 0.536.